The second-order valence-corrected chi connectivity index (χ2v) is 11.4. The van der Waals surface area contributed by atoms with Crippen LogP contribution < -0.4 is 20.2 Å². The lowest BCUT2D eigenvalue weighted by molar-refractivity contribution is -0.122. The fraction of sp³-hybridized carbons (Fsp3) is 0.382. The molecule has 10 heteroatoms. The number of ether oxygens (including phenoxy) is 3. The normalized spacial score (nSPS) is 11.6. The van der Waals surface area contributed by atoms with Crippen LogP contribution in [0.5, 0.6) is 11.5 Å². The monoisotopic (exact) mass is 602 g/mol. The number of aromatic nitrogens is 1. The van der Waals surface area contributed by atoms with E-state index in [0.717, 1.165) is 22.3 Å². The van der Waals surface area contributed by atoms with Gasteiger partial charge in [-0.2, -0.15) is 5.10 Å². The van der Waals surface area contributed by atoms with E-state index in [1.165, 1.54) is 26.3 Å². The van der Waals surface area contributed by atoms with E-state index in [1.54, 1.807) is 0 Å². The highest BCUT2D eigenvalue weighted by Crippen LogP contribution is 2.30. The average Bonchev–Trinajstić information content (AvgIpc) is 3.00. The van der Waals surface area contributed by atoms with Gasteiger partial charge in [-0.25, -0.2) is 15.2 Å². The van der Waals surface area contributed by atoms with Crippen LogP contribution in [-0.4, -0.2) is 48.4 Å². The number of hydrogen-bond donors (Lipinski definition) is 2. The highest BCUT2D eigenvalue weighted by molar-refractivity contribution is 6.13. The molecule has 0 aliphatic rings. The summed E-state index contributed by atoms with van der Waals surface area (Å²) in [5, 5.41) is 7.12. The van der Waals surface area contributed by atoms with Gasteiger partial charge in [0.2, 0.25) is 5.75 Å². The Balaban J connectivity index is 1.85. The fourth-order valence-electron chi connectivity index (χ4n) is 4.12. The van der Waals surface area contributed by atoms with Crippen LogP contribution in [0, 0.1) is 5.92 Å². The first-order chi connectivity index (χ1) is 20.9. The molecule has 0 saturated carbocycles. The van der Waals surface area contributed by atoms with E-state index in [9.17, 15) is 14.4 Å². The first kappa shape index (κ1) is 33.8. The van der Waals surface area contributed by atoms with Gasteiger partial charge in [-0.1, -0.05) is 77.9 Å². The molecule has 3 aromatic rings. The molecular weight excluding hydrogens is 560 g/mol. The number of nitrogens with zero attached hydrogens (tertiary/aromatic N) is 2. The minimum absolute atomic E-state index is 0.0851. The molecule has 2 aromatic carbocycles. The van der Waals surface area contributed by atoms with Crippen LogP contribution in [0.2, 0.25) is 0 Å². The van der Waals surface area contributed by atoms with E-state index in [1.807, 2.05) is 38.1 Å². The maximum absolute atomic E-state index is 13.2. The molecule has 1 heterocycles. The Morgan fingerprint density at radius 2 is 1.45 bits per heavy atom. The molecule has 3 rings (SSSR count). The summed E-state index contributed by atoms with van der Waals surface area (Å²) in [6.07, 6.45) is 0.326. The van der Waals surface area contributed by atoms with Gasteiger partial charge in [0.05, 0.1) is 19.4 Å². The molecule has 1 atom stereocenters. The standard InChI is InChI=1S/C34H42N4O6/c1-20(2)19-43-34(41)44-31-28(42-8)15-16-35-30(31)33(40)36-23(7)32(39)38-37-29(26-13-9-11-24(17-26)21(3)4)27-14-10-12-25(18-27)22(5)6/h9-18,20-23H,19H2,1-8H3,(H,36,40)(H,38,39)/t23-/m0/s1. The minimum Gasteiger partial charge on any atom is -0.493 e. The van der Waals surface area contributed by atoms with Gasteiger partial charge >= 0.3 is 6.16 Å². The third-order valence-corrected chi connectivity index (χ3v) is 6.70. The molecule has 0 fully saturated rings. The topological polar surface area (TPSA) is 128 Å². The number of pyridine rings is 1. The third-order valence-electron chi connectivity index (χ3n) is 6.70. The van der Waals surface area contributed by atoms with Gasteiger partial charge in [0.1, 0.15) is 6.04 Å². The van der Waals surface area contributed by atoms with Crippen molar-refractivity contribution in [2.45, 2.75) is 66.3 Å². The summed E-state index contributed by atoms with van der Waals surface area (Å²) in [4.78, 5) is 42.7. The summed E-state index contributed by atoms with van der Waals surface area (Å²) in [7, 11) is 1.36. The second kappa shape index (κ2) is 15.7. The van der Waals surface area contributed by atoms with E-state index in [2.05, 4.69) is 72.8 Å². The summed E-state index contributed by atoms with van der Waals surface area (Å²) in [6.45, 7) is 13.9. The maximum Gasteiger partial charge on any atom is 0.514 e. The zero-order valence-corrected chi connectivity index (χ0v) is 26.6. The Morgan fingerprint density at radius 1 is 0.864 bits per heavy atom. The lowest BCUT2D eigenvalue weighted by Crippen LogP contribution is -2.44. The van der Waals surface area contributed by atoms with E-state index in [0.29, 0.717) is 17.5 Å². The predicted octanol–water partition coefficient (Wildman–Crippen LogP) is 6.20. The summed E-state index contributed by atoms with van der Waals surface area (Å²) < 4.78 is 15.6. The van der Waals surface area contributed by atoms with Crippen LogP contribution in [0.1, 0.15) is 93.0 Å². The Bertz CT molecular complexity index is 1450. The largest absolute Gasteiger partial charge is 0.514 e. The molecule has 0 spiro atoms. The van der Waals surface area contributed by atoms with Gasteiger partial charge in [0.15, 0.2) is 11.4 Å². The molecule has 44 heavy (non-hydrogen) atoms. The van der Waals surface area contributed by atoms with Crippen LogP contribution in [0.4, 0.5) is 4.79 Å². The SMILES string of the molecule is COc1ccnc(C(=O)N[C@@H](C)C(=O)NN=C(c2cccc(C(C)C)c2)c2cccc(C(C)C)c2)c1OC(=O)OCC(C)C. The Labute approximate surface area is 259 Å². The van der Waals surface area contributed by atoms with Gasteiger partial charge in [-0.05, 0) is 47.9 Å². The lowest BCUT2D eigenvalue weighted by Gasteiger charge is -2.16. The Kier molecular flexibility index (Phi) is 12.0. The molecule has 2 amide bonds. The van der Waals surface area contributed by atoms with Crippen LogP contribution >= 0.6 is 0 Å². The molecule has 2 N–H and O–H groups in total. The van der Waals surface area contributed by atoms with Gasteiger partial charge < -0.3 is 19.5 Å². The number of carbonyl (C=O) groups is 3. The number of amides is 2. The van der Waals surface area contributed by atoms with E-state index in [4.69, 9.17) is 14.2 Å². The Morgan fingerprint density at radius 3 is 1.98 bits per heavy atom. The third kappa shape index (κ3) is 9.13. The Hall–Kier alpha value is -4.73. The molecule has 1 aromatic heterocycles. The summed E-state index contributed by atoms with van der Waals surface area (Å²) in [5.74, 6) is -0.732. The van der Waals surface area contributed by atoms with E-state index in [-0.39, 0.29) is 29.7 Å². The van der Waals surface area contributed by atoms with Crippen molar-refractivity contribution in [3.05, 3.63) is 88.7 Å². The minimum atomic E-state index is -1.02. The van der Waals surface area contributed by atoms with Crippen LogP contribution in [0.15, 0.2) is 65.9 Å². The number of benzene rings is 2. The average molecular weight is 603 g/mol. The quantitative estimate of drug-likeness (QED) is 0.144. The van der Waals surface area contributed by atoms with Crippen molar-refractivity contribution in [2.75, 3.05) is 13.7 Å². The zero-order valence-electron chi connectivity index (χ0n) is 26.6. The predicted molar refractivity (Wildman–Crippen MR) is 169 cm³/mol. The number of hydrazone groups is 1. The van der Waals surface area contributed by atoms with Gasteiger partial charge in [0.25, 0.3) is 11.8 Å². The summed E-state index contributed by atoms with van der Waals surface area (Å²) >= 11 is 0. The van der Waals surface area contributed by atoms with Crippen molar-refractivity contribution < 1.29 is 28.6 Å². The molecule has 0 bridgehead atoms. The first-order valence-corrected chi connectivity index (χ1v) is 14.7. The second-order valence-electron chi connectivity index (χ2n) is 11.4. The zero-order chi connectivity index (χ0) is 32.4. The van der Waals surface area contributed by atoms with Crippen LogP contribution in [0.3, 0.4) is 0 Å². The highest BCUT2D eigenvalue weighted by atomic mass is 16.7. The van der Waals surface area contributed by atoms with Gasteiger partial charge in [-0.15, -0.1) is 0 Å². The molecule has 0 saturated heterocycles. The molecule has 0 unspecified atom stereocenters. The fourth-order valence-corrected chi connectivity index (χ4v) is 4.12. The maximum atomic E-state index is 13.2. The van der Waals surface area contributed by atoms with Gasteiger partial charge in [-0.3, -0.25) is 9.59 Å². The number of carbonyl (C=O) groups excluding carboxylic acids is 3. The summed E-state index contributed by atoms with van der Waals surface area (Å²) in [5.41, 5.74) is 6.93. The number of rotatable bonds is 12. The number of nitrogens with one attached hydrogen (secondary N) is 2. The molecule has 10 nitrogen and oxygen atoms in total. The molecule has 234 valence electrons. The van der Waals surface area contributed by atoms with Crippen molar-refractivity contribution >= 4 is 23.7 Å². The van der Waals surface area contributed by atoms with Crippen molar-refractivity contribution in [3.63, 3.8) is 0 Å². The van der Waals surface area contributed by atoms with Crippen molar-refractivity contribution in [3.8, 4) is 11.5 Å². The van der Waals surface area contributed by atoms with E-state index < -0.39 is 24.0 Å². The van der Waals surface area contributed by atoms with E-state index >= 15 is 0 Å². The molecular formula is C34H42N4O6. The van der Waals surface area contributed by atoms with Gasteiger partial charge in [0, 0.05) is 23.4 Å². The number of methoxy groups -OCH3 is 1. The van der Waals surface area contributed by atoms with Crippen LogP contribution in [-0.2, 0) is 9.53 Å². The first-order valence-electron chi connectivity index (χ1n) is 14.7. The molecule has 0 aliphatic carbocycles. The number of hydrogen-bond acceptors (Lipinski definition) is 8. The van der Waals surface area contributed by atoms with Crippen LogP contribution in [0.25, 0.3) is 0 Å². The highest BCUT2D eigenvalue weighted by Gasteiger charge is 2.25. The summed E-state index contributed by atoms with van der Waals surface area (Å²) in [6, 6.07) is 16.5. The molecule has 0 radical (unpaired) electrons. The lowest BCUT2D eigenvalue weighted by atomic mass is 9.94. The molecule has 0 aliphatic heterocycles. The smallest absolute Gasteiger partial charge is 0.493 e. The van der Waals surface area contributed by atoms with Crippen molar-refractivity contribution in [2.24, 2.45) is 11.0 Å². The van der Waals surface area contributed by atoms with Crippen molar-refractivity contribution in [1.29, 1.82) is 0 Å². The van der Waals surface area contributed by atoms with Crippen molar-refractivity contribution in [1.82, 2.24) is 15.7 Å².